The highest BCUT2D eigenvalue weighted by Crippen LogP contribution is 2.24. The largest absolute Gasteiger partial charge is 0.352 e. The summed E-state index contributed by atoms with van der Waals surface area (Å²) in [5, 5.41) is 2.75. The summed E-state index contributed by atoms with van der Waals surface area (Å²) in [4.78, 5) is 12.0. The van der Waals surface area contributed by atoms with Crippen molar-refractivity contribution in [1.29, 1.82) is 0 Å². The van der Waals surface area contributed by atoms with Crippen LogP contribution >= 0.6 is 0 Å². The van der Waals surface area contributed by atoms with Gasteiger partial charge in [-0.05, 0) is 49.8 Å². The first-order valence-electron chi connectivity index (χ1n) is 9.62. The minimum atomic E-state index is -3.97. The first kappa shape index (κ1) is 22.1. The lowest BCUT2D eigenvalue weighted by molar-refractivity contribution is 0.0941. The van der Waals surface area contributed by atoms with Gasteiger partial charge in [0, 0.05) is 38.3 Å². The smallest absolute Gasteiger partial charge is 0.251 e. The van der Waals surface area contributed by atoms with Gasteiger partial charge in [0.15, 0.2) is 0 Å². The predicted molar refractivity (Wildman–Crippen MR) is 106 cm³/mol. The molecule has 2 fully saturated rings. The second kappa shape index (κ2) is 8.66. The summed E-state index contributed by atoms with van der Waals surface area (Å²) < 4.78 is 65.3. The van der Waals surface area contributed by atoms with Gasteiger partial charge in [0.1, 0.15) is 10.7 Å². The minimum absolute atomic E-state index is 0.0812. The number of piperidine rings is 1. The zero-order valence-corrected chi connectivity index (χ0v) is 17.9. The molecular weight excluding hydrogens is 421 g/mol. The topological polar surface area (TPSA) is 104 Å². The third kappa shape index (κ3) is 5.14. The number of carbonyl (C=O) groups excluding carboxylic acids is 1. The molecule has 2 heterocycles. The second-order valence-corrected chi connectivity index (χ2v) is 11.5. The van der Waals surface area contributed by atoms with Gasteiger partial charge in [0.05, 0.1) is 6.26 Å². The van der Waals surface area contributed by atoms with Gasteiger partial charge in [-0.2, -0.15) is 4.31 Å². The van der Waals surface area contributed by atoms with E-state index < -0.39 is 36.7 Å². The molecular formula is C18H26FN3O5S2. The maximum atomic E-state index is 14.2. The fourth-order valence-electron chi connectivity index (χ4n) is 3.69. The Labute approximate surface area is 171 Å². The summed E-state index contributed by atoms with van der Waals surface area (Å²) in [6.45, 7) is 1.87. The van der Waals surface area contributed by atoms with Crippen molar-refractivity contribution in [3.05, 3.63) is 29.6 Å². The van der Waals surface area contributed by atoms with E-state index in [9.17, 15) is 26.0 Å². The highest BCUT2D eigenvalue weighted by Gasteiger charge is 2.30. The van der Waals surface area contributed by atoms with E-state index in [1.807, 2.05) is 0 Å². The summed E-state index contributed by atoms with van der Waals surface area (Å²) in [6.07, 6.45) is 3.91. The van der Waals surface area contributed by atoms with Crippen LogP contribution in [-0.2, 0) is 20.0 Å². The molecule has 0 radical (unpaired) electrons. The van der Waals surface area contributed by atoms with Crippen molar-refractivity contribution in [2.45, 2.75) is 30.6 Å². The molecule has 8 nitrogen and oxygen atoms in total. The Morgan fingerprint density at radius 2 is 1.69 bits per heavy atom. The van der Waals surface area contributed by atoms with Crippen LogP contribution in [0.25, 0.3) is 0 Å². The van der Waals surface area contributed by atoms with Crippen molar-refractivity contribution in [2.24, 2.45) is 5.92 Å². The molecule has 0 spiro atoms. The maximum Gasteiger partial charge on any atom is 0.251 e. The van der Waals surface area contributed by atoms with Crippen LogP contribution in [0.5, 0.6) is 0 Å². The van der Waals surface area contributed by atoms with Crippen LogP contribution in [0.1, 0.15) is 36.0 Å². The van der Waals surface area contributed by atoms with E-state index in [-0.39, 0.29) is 11.5 Å². The summed E-state index contributed by atoms with van der Waals surface area (Å²) in [7, 11) is -7.17. The van der Waals surface area contributed by atoms with Crippen LogP contribution in [-0.4, -0.2) is 70.3 Å². The second-order valence-electron chi connectivity index (χ2n) is 7.57. The molecule has 11 heteroatoms. The third-order valence-corrected chi connectivity index (χ3v) is 8.69. The molecule has 3 rings (SSSR count). The highest BCUT2D eigenvalue weighted by atomic mass is 32.2. The molecule has 0 atom stereocenters. The third-order valence-electron chi connectivity index (χ3n) is 5.47. The Bertz CT molecular complexity index is 967. The molecule has 162 valence electrons. The number of nitrogens with zero attached hydrogens (tertiary/aromatic N) is 2. The summed E-state index contributed by atoms with van der Waals surface area (Å²) in [5.41, 5.74) is 0.0812. The SMILES string of the molecule is CS(=O)(=O)N1CCC(CNC(=O)c2ccc(F)c(S(=O)(=O)N3CCCC3)c2)CC1. The van der Waals surface area contributed by atoms with Gasteiger partial charge in [0.25, 0.3) is 5.91 Å². The van der Waals surface area contributed by atoms with Crippen LogP contribution in [0.15, 0.2) is 23.1 Å². The average Bonchev–Trinajstić information content (AvgIpc) is 3.21. The van der Waals surface area contributed by atoms with Crippen LogP contribution in [0, 0.1) is 11.7 Å². The molecule has 29 heavy (non-hydrogen) atoms. The van der Waals surface area contributed by atoms with Crippen molar-refractivity contribution in [3.8, 4) is 0 Å². The summed E-state index contributed by atoms with van der Waals surface area (Å²) in [5.74, 6) is -1.22. The Kier molecular flexibility index (Phi) is 6.61. The van der Waals surface area contributed by atoms with Crippen molar-refractivity contribution < 1.29 is 26.0 Å². The molecule has 1 aromatic carbocycles. The van der Waals surface area contributed by atoms with Crippen LogP contribution in [0.2, 0.25) is 0 Å². The van der Waals surface area contributed by atoms with E-state index in [0.29, 0.717) is 45.6 Å². The van der Waals surface area contributed by atoms with Gasteiger partial charge in [0.2, 0.25) is 20.0 Å². The van der Waals surface area contributed by atoms with Crippen molar-refractivity contribution in [3.63, 3.8) is 0 Å². The zero-order chi connectivity index (χ0) is 21.2. The standard InChI is InChI=1S/C18H26FN3O5S2/c1-28(24,25)21-10-6-14(7-11-21)13-20-18(23)15-4-5-16(19)17(12-15)29(26,27)22-8-2-3-9-22/h4-5,12,14H,2-3,6-11,13H2,1H3,(H,20,23). The molecule has 2 saturated heterocycles. The van der Waals surface area contributed by atoms with Gasteiger partial charge in [-0.1, -0.05) is 0 Å². The fourth-order valence-corrected chi connectivity index (χ4v) is 6.18. The number of benzene rings is 1. The first-order valence-corrected chi connectivity index (χ1v) is 12.9. The normalized spacial score (nSPS) is 20.1. The van der Waals surface area contributed by atoms with Crippen molar-refractivity contribution in [1.82, 2.24) is 13.9 Å². The highest BCUT2D eigenvalue weighted by molar-refractivity contribution is 7.89. The van der Waals surface area contributed by atoms with Crippen molar-refractivity contribution in [2.75, 3.05) is 39.0 Å². The number of hydrogen-bond acceptors (Lipinski definition) is 5. The summed E-state index contributed by atoms with van der Waals surface area (Å²) in [6, 6.07) is 3.35. The van der Waals surface area contributed by atoms with Crippen LogP contribution in [0.3, 0.4) is 0 Å². The molecule has 1 N–H and O–H groups in total. The summed E-state index contributed by atoms with van der Waals surface area (Å²) >= 11 is 0. The predicted octanol–water partition coefficient (Wildman–Crippen LogP) is 1.01. The van der Waals surface area contributed by atoms with Gasteiger partial charge >= 0.3 is 0 Å². The first-order chi connectivity index (χ1) is 13.6. The number of amides is 1. The molecule has 0 saturated carbocycles. The molecule has 1 amide bonds. The van der Waals surface area contributed by atoms with Crippen LogP contribution in [0.4, 0.5) is 4.39 Å². The van der Waals surface area contributed by atoms with Gasteiger partial charge < -0.3 is 5.32 Å². The molecule has 2 aliphatic rings. The van der Waals surface area contributed by atoms with E-state index >= 15 is 0 Å². The number of nitrogens with one attached hydrogen (secondary N) is 1. The molecule has 0 aromatic heterocycles. The number of sulfonamides is 2. The quantitative estimate of drug-likeness (QED) is 0.701. The van der Waals surface area contributed by atoms with E-state index in [0.717, 1.165) is 25.0 Å². The van der Waals surface area contributed by atoms with Crippen molar-refractivity contribution >= 4 is 26.0 Å². The fraction of sp³-hybridized carbons (Fsp3) is 0.611. The number of rotatable bonds is 6. The van der Waals surface area contributed by atoms with Gasteiger partial charge in [-0.15, -0.1) is 0 Å². The lowest BCUT2D eigenvalue weighted by Gasteiger charge is -2.30. The Hall–Kier alpha value is -1.56. The molecule has 1 aromatic rings. The molecule has 0 unspecified atom stereocenters. The lowest BCUT2D eigenvalue weighted by atomic mass is 9.98. The Balaban J connectivity index is 1.63. The Morgan fingerprint density at radius 1 is 1.07 bits per heavy atom. The van der Waals surface area contributed by atoms with E-state index in [1.54, 1.807) is 0 Å². The van der Waals surface area contributed by atoms with Gasteiger partial charge in [-0.3, -0.25) is 4.79 Å². The average molecular weight is 448 g/mol. The Morgan fingerprint density at radius 3 is 2.28 bits per heavy atom. The van der Waals surface area contributed by atoms with E-state index in [4.69, 9.17) is 0 Å². The van der Waals surface area contributed by atoms with E-state index in [2.05, 4.69) is 5.32 Å². The van der Waals surface area contributed by atoms with Gasteiger partial charge in [-0.25, -0.2) is 25.5 Å². The number of halogens is 1. The lowest BCUT2D eigenvalue weighted by Crippen LogP contribution is -2.41. The number of hydrogen-bond donors (Lipinski definition) is 1. The van der Waals surface area contributed by atoms with Crippen LogP contribution < -0.4 is 5.32 Å². The molecule has 0 aliphatic carbocycles. The number of carbonyl (C=O) groups is 1. The minimum Gasteiger partial charge on any atom is -0.352 e. The maximum absolute atomic E-state index is 14.2. The van der Waals surface area contributed by atoms with E-state index in [1.165, 1.54) is 20.9 Å². The molecule has 2 aliphatic heterocycles. The zero-order valence-electron chi connectivity index (χ0n) is 16.3. The molecule has 0 bridgehead atoms. The monoisotopic (exact) mass is 447 g/mol.